The number of hydrogen-bond acceptors (Lipinski definition) is 3. The Morgan fingerprint density at radius 2 is 1.77 bits per heavy atom. The van der Waals surface area contributed by atoms with Gasteiger partial charge in [-0.05, 0) is 18.2 Å². The molecule has 2 aromatic rings. The molecule has 2 aromatic carbocycles. The molecular formula is C21H22ClNO3. The van der Waals surface area contributed by atoms with Gasteiger partial charge in [0.15, 0.2) is 0 Å². The predicted octanol–water partition coefficient (Wildman–Crippen LogP) is 4.57. The third kappa shape index (κ3) is 3.86. The van der Waals surface area contributed by atoms with Crippen LogP contribution in [0, 0.1) is 0 Å². The molecule has 4 nitrogen and oxygen atoms in total. The van der Waals surface area contributed by atoms with E-state index in [1.54, 1.807) is 12.0 Å². The minimum atomic E-state index is -0.0281. The average molecular weight is 372 g/mol. The molecule has 1 heterocycles. The van der Waals surface area contributed by atoms with Crippen LogP contribution in [0.3, 0.4) is 0 Å². The molecule has 0 atom stereocenters. The number of ether oxygens (including phenoxy) is 2. The van der Waals surface area contributed by atoms with Crippen molar-refractivity contribution < 1.29 is 14.3 Å². The fourth-order valence-electron chi connectivity index (χ4n) is 3.18. The largest absolute Gasteiger partial charge is 0.496 e. The van der Waals surface area contributed by atoms with Gasteiger partial charge < -0.3 is 14.4 Å². The van der Waals surface area contributed by atoms with Gasteiger partial charge in [-0.15, -0.1) is 0 Å². The number of amides is 1. The van der Waals surface area contributed by atoms with Crippen LogP contribution in [0.25, 0.3) is 11.1 Å². The fraction of sp³-hybridized carbons (Fsp3) is 0.286. The molecule has 3 rings (SSSR count). The lowest BCUT2D eigenvalue weighted by atomic mass is 10.0. The first kappa shape index (κ1) is 18.3. The molecular weight excluding hydrogens is 350 g/mol. The first-order valence-electron chi connectivity index (χ1n) is 8.64. The van der Waals surface area contributed by atoms with Gasteiger partial charge in [-0.3, -0.25) is 4.79 Å². The highest BCUT2D eigenvalue weighted by molar-refractivity contribution is 6.34. The maximum Gasteiger partial charge on any atom is 0.245 e. The molecule has 0 aromatic heterocycles. The van der Waals surface area contributed by atoms with Gasteiger partial charge in [-0.2, -0.15) is 0 Å². The number of hydrogen-bond donors (Lipinski definition) is 0. The number of nitrogens with zero attached hydrogens (tertiary/aromatic N) is 1. The highest BCUT2D eigenvalue weighted by Gasteiger charge is 2.23. The fourth-order valence-corrected chi connectivity index (χ4v) is 3.45. The summed E-state index contributed by atoms with van der Waals surface area (Å²) in [4.78, 5) is 13.5. The summed E-state index contributed by atoms with van der Waals surface area (Å²) >= 11 is 6.63. The van der Waals surface area contributed by atoms with Gasteiger partial charge in [0.2, 0.25) is 5.91 Å². The zero-order valence-corrected chi connectivity index (χ0v) is 15.5. The summed E-state index contributed by atoms with van der Waals surface area (Å²) in [5.74, 6) is 1.39. The van der Waals surface area contributed by atoms with E-state index in [2.05, 4.69) is 6.58 Å². The number of rotatable bonds is 5. The van der Waals surface area contributed by atoms with Crippen LogP contribution in [0.4, 0.5) is 0 Å². The SMILES string of the molecule is C=CC(=O)N1CCC(Oc2cccc(-c3ccccc3OC)c2Cl)CC1. The quantitative estimate of drug-likeness (QED) is 0.722. The Morgan fingerprint density at radius 3 is 2.46 bits per heavy atom. The van der Waals surface area contributed by atoms with E-state index in [1.807, 2.05) is 42.5 Å². The number of piperidine rings is 1. The molecule has 0 saturated carbocycles. The molecule has 26 heavy (non-hydrogen) atoms. The summed E-state index contributed by atoms with van der Waals surface area (Å²) < 4.78 is 11.6. The van der Waals surface area contributed by atoms with E-state index in [1.165, 1.54) is 6.08 Å². The molecule has 5 heteroatoms. The molecule has 1 fully saturated rings. The van der Waals surface area contributed by atoms with Crippen LogP contribution in [0.1, 0.15) is 12.8 Å². The minimum Gasteiger partial charge on any atom is -0.496 e. The number of carbonyl (C=O) groups excluding carboxylic acids is 1. The van der Waals surface area contributed by atoms with Crippen LogP contribution < -0.4 is 9.47 Å². The van der Waals surface area contributed by atoms with Gasteiger partial charge in [0.05, 0.1) is 12.1 Å². The van der Waals surface area contributed by atoms with Crippen LogP contribution in [-0.2, 0) is 4.79 Å². The van der Waals surface area contributed by atoms with E-state index < -0.39 is 0 Å². The van der Waals surface area contributed by atoms with Gasteiger partial charge in [0.1, 0.15) is 17.6 Å². The van der Waals surface area contributed by atoms with Crippen molar-refractivity contribution in [2.75, 3.05) is 20.2 Å². The molecule has 0 aliphatic carbocycles. The Kier molecular flexibility index (Phi) is 5.84. The average Bonchev–Trinajstić information content (AvgIpc) is 2.69. The van der Waals surface area contributed by atoms with E-state index in [0.29, 0.717) is 23.9 Å². The Hall–Kier alpha value is -2.46. The van der Waals surface area contributed by atoms with Crippen molar-refractivity contribution in [3.05, 3.63) is 60.1 Å². The van der Waals surface area contributed by atoms with Gasteiger partial charge in [-0.1, -0.05) is 48.5 Å². The number of likely N-dealkylation sites (tertiary alicyclic amines) is 1. The van der Waals surface area contributed by atoms with E-state index in [-0.39, 0.29) is 12.0 Å². The predicted molar refractivity (Wildman–Crippen MR) is 104 cm³/mol. The van der Waals surface area contributed by atoms with Crippen molar-refractivity contribution in [3.8, 4) is 22.6 Å². The minimum absolute atomic E-state index is 0.0281. The first-order valence-corrected chi connectivity index (χ1v) is 9.01. The molecule has 0 N–H and O–H groups in total. The van der Waals surface area contributed by atoms with Crippen LogP contribution in [0.15, 0.2) is 55.1 Å². The third-order valence-electron chi connectivity index (χ3n) is 4.58. The van der Waals surface area contributed by atoms with Crippen molar-refractivity contribution in [2.45, 2.75) is 18.9 Å². The highest BCUT2D eigenvalue weighted by Crippen LogP contribution is 2.40. The lowest BCUT2D eigenvalue weighted by Crippen LogP contribution is -2.41. The lowest BCUT2D eigenvalue weighted by Gasteiger charge is -2.31. The van der Waals surface area contributed by atoms with Crippen molar-refractivity contribution in [1.29, 1.82) is 0 Å². The standard InChI is InChI=1S/C21H22ClNO3/c1-3-20(24)23-13-11-15(12-14-23)26-19-10-6-8-17(21(19)22)16-7-4-5-9-18(16)25-2/h3-10,15H,1,11-14H2,2H3. The number of methoxy groups -OCH3 is 1. The molecule has 1 aliphatic rings. The Morgan fingerprint density at radius 1 is 1.12 bits per heavy atom. The molecule has 0 spiro atoms. The second-order valence-corrected chi connectivity index (χ2v) is 6.54. The second kappa shape index (κ2) is 8.28. The normalized spacial score (nSPS) is 14.8. The Bertz CT molecular complexity index is 798. The monoisotopic (exact) mass is 371 g/mol. The zero-order valence-electron chi connectivity index (χ0n) is 14.8. The number of halogens is 1. The van der Waals surface area contributed by atoms with Gasteiger partial charge in [0.25, 0.3) is 0 Å². The summed E-state index contributed by atoms with van der Waals surface area (Å²) in [6.45, 7) is 4.87. The van der Waals surface area contributed by atoms with Crippen LogP contribution in [0.2, 0.25) is 5.02 Å². The summed E-state index contributed by atoms with van der Waals surface area (Å²) in [7, 11) is 1.64. The summed E-state index contributed by atoms with van der Waals surface area (Å²) in [5.41, 5.74) is 1.80. The molecule has 1 amide bonds. The number of para-hydroxylation sites is 1. The third-order valence-corrected chi connectivity index (χ3v) is 4.97. The van der Waals surface area contributed by atoms with Crippen molar-refractivity contribution >= 4 is 17.5 Å². The van der Waals surface area contributed by atoms with E-state index >= 15 is 0 Å². The Balaban J connectivity index is 1.76. The smallest absolute Gasteiger partial charge is 0.245 e. The van der Waals surface area contributed by atoms with Crippen LogP contribution in [-0.4, -0.2) is 37.1 Å². The zero-order chi connectivity index (χ0) is 18.5. The molecule has 1 saturated heterocycles. The summed E-state index contributed by atoms with van der Waals surface area (Å²) in [5, 5.41) is 0.571. The second-order valence-electron chi connectivity index (χ2n) is 6.16. The molecule has 0 radical (unpaired) electrons. The topological polar surface area (TPSA) is 38.8 Å². The van der Waals surface area contributed by atoms with Crippen LogP contribution >= 0.6 is 11.6 Å². The van der Waals surface area contributed by atoms with Gasteiger partial charge in [-0.25, -0.2) is 0 Å². The summed E-state index contributed by atoms with van der Waals surface area (Å²) in [6.07, 6.45) is 2.94. The molecule has 136 valence electrons. The van der Waals surface area contributed by atoms with E-state index in [4.69, 9.17) is 21.1 Å². The highest BCUT2D eigenvalue weighted by atomic mass is 35.5. The molecule has 0 unspecified atom stereocenters. The molecule has 1 aliphatic heterocycles. The van der Waals surface area contributed by atoms with Crippen molar-refractivity contribution in [2.24, 2.45) is 0 Å². The van der Waals surface area contributed by atoms with Gasteiger partial charge in [0, 0.05) is 37.1 Å². The van der Waals surface area contributed by atoms with Gasteiger partial charge >= 0.3 is 0 Å². The maximum absolute atomic E-state index is 11.7. The van der Waals surface area contributed by atoms with Crippen LogP contribution in [0.5, 0.6) is 11.5 Å². The lowest BCUT2D eigenvalue weighted by molar-refractivity contribution is -0.127. The number of carbonyl (C=O) groups is 1. The number of benzene rings is 2. The Labute approximate surface area is 159 Å². The summed E-state index contributed by atoms with van der Waals surface area (Å²) in [6, 6.07) is 13.5. The molecule has 0 bridgehead atoms. The van der Waals surface area contributed by atoms with E-state index in [9.17, 15) is 4.79 Å². The van der Waals surface area contributed by atoms with Crippen molar-refractivity contribution in [3.63, 3.8) is 0 Å². The first-order chi connectivity index (χ1) is 12.6. The maximum atomic E-state index is 11.7. The van der Waals surface area contributed by atoms with E-state index in [0.717, 1.165) is 29.7 Å². The van der Waals surface area contributed by atoms with Crippen molar-refractivity contribution in [1.82, 2.24) is 4.90 Å².